The molecule has 2 rings (SSSR count). The minimum absolute atomic E-state index is 0.157. The molecule has 2 atom stereocenters. The maximum Gasteiger partial charge on any atom is 0.123 e. The highest BCUT2D eigenvalue weighted by atomic mass is 19.1. The van der Waals surface area contributed by atoms with Crippen molar-refractivity contribution in [3.05, 3.63) is 35.1 Å². The summed E-state index contributed by atoms with van der Waals surface area (Å²) in [6.07, 6.45) is 2.01. The van der Waals surface area contributed by atoms with Crippen molar-refractivity contribution in [1.29, 1.82) is 0 Å². The van der Waals surface area contributed by atoms with Gasteiger partial charge in [-0.15, -0.1) is 0 Å². The minimum atomic E-state index is -0.157. The van der Waals surface area contributed by atoms with Gasteiger partial charge in [-0.05, 0) is 56.5 Å². The predicted molar refractivity (Wildman–Crippen MR) is 79.5 cm³/mol. The van der Waals surface area contributed by atoms with Crippen molar-refractivity contribution in [2.45, 2.75) is 38.8 Å². The van der Waals surface area contributed by atoms with Crippen LogP contribution >= 0.6 is 0 Å². The average Bonchev–Trinajstić information content (AvgIpc) is 2.42. The molecule has 1 aromatic rings. The first kappa shape index (κ1) is 15.4. The van der Waals surface area contributed by atoms with Gasteiger partial charge in [0.05, 0.1) is 13.2 Å². The summed E-state index contributed by atoms with van der Waals surface area (Å²) in [4.78, 5) is 0. The van der Waals surface area contributed by atoms with Crippen LogP contribution in [0.5, 0.6) is 0 Å². The van der Waals surface area contributed by atoms with Gasteiger partial charge in [-0.2, -0.15) is 0 Å². The normalized spacial score (nSPS) is 20.9. The highest BCUT2D eigenvalue weighted by Crippen LogP contribution is 2.10. The number of rotatable bonds is 6. The van der Waals surface area contributed by atoms with Crippen molar-refractivity contribution >= 4 is 0 Å². The second-order valence-electron chi connectivity index (χ2n) is 5.64. The van der Waals surface area contributed by atoms with Crippen LogP contribution < -0.4 is 10.6 Å². The van der Waals surface area contributed by atoms with Crippen LogP contribution in [0.2, 0.25) is 0 Å². The number of nitrogens with one attached hydrogen (secondary N) is 2. The van der Waals surface area contributed by atoms with E-state index in [1.165, 1.54) is 11.6 Å². The van der Waals surface area contributed by atoms with E-state index >= 15 is 0 Å². The van der Waals surface area contributed by atoms with Gasteiger partial charge < -0.3 is 15.4 Å². The molecule has 2 unspecified atom stereocenters. The largest absolute Gasteiger partial charge is 0.379 e. The molecule has 3 nitrogen and oxygen atoms in total. The van der Waals surface area contributed by atoms with Gasteiger partial charge in [-0.1, -0.05) is 6.07 Å². The number of hydrogen-bond acceptors (Lipinski definition) is 3. The molecule has 1 aliphatic rings. The van der Waals surface area contributed by atoms with Gasteiger partial charge in [0, 0.05) is 18.6 Å². The Labute approximate surface area is 120 Å². The first-order valence-electron chi connectivity index (χ1n) is 7.44. The number of benzene rings is 1. The molecule has 4 heteroatoms. The van der Waals surface area contributed by atoms with Gasteiger partial charge in [0.1, 0.15) is 5.82 Å². The molecule has 112 valence electrons. The lowest BCUT2D eigenvalue weighted by molar-refractivity contribution is 0.0713. The zero-order chi connectivity index (χ0) is 14.4. The number of hydrogen-bond donors (Lipinski definition) is 2. The van der Waals surface area contributed by atoms with E-state index in [9.17, 15) is 4.39 Å². The first-order valence-corrected chi connectivity index (χ1v) is 7.44. The summed E-state index contributed by atoms with van der Waals surface area (Å²) < 4.78 is 18.5. The summed E-state index contributed by atoms with van der Waals surface area (Å²) in [5.41, 5.74) is 2.24. The van der Waals surface area contributed by atoms with Crippen LogP contribution in [0.15, 0.2) is 18.2 Å². The second kappa shape index (κ2) is 7.72. The molecule has 0 radical (unpaired) electrons. The summed E-state index contributed by atoms with van der Waals surface area (Å²) in [7, 11) is 0. The summed E-state index contributed by atoms with van der Waals surface area (Å²) in [5.74, 6) is -0.157. The van der Waals surface area contributed by atoms with Crippen molar-refractivity contribution < 1.29 is 9.13 Å². The van der Waals surface area contributed by atoms with Gasteiger partial charge >= 0.3 is 0 Å². The third-order valence-electron chi connectivity index (χ3n) is 3.83. The Balaban J connectivity index is 1.69. The summed E-state index contributed by atoms with van der Waals surface area (Å²) in [6, 6.07) is 5.93. The van der Waals surface area contributed by atoms with Crippen LogP contribution in [0.1, 0.15) is 24.5 Å². The third kappa shape index (κ3) is 4.85. The SMILES string of the molecule is Cc1cc(F)ccc1CCNC(C)CC1COCCN1. The molecule has 1 saturated heterocycles. The first-order chi connectivity index (χ1) is 9.65. The molecule has 2 N–H and O–H groups in total. The molecule has 0 saturated carbocycles. The van der Waals surface area contributed by atoms with Gasteiger partial charge in [-0.25, -0.2) is 4.39 Å². The lowest BCUT2D eigenvalue weighted by atomic mass is 10.0. The summed E-state index contributed by atoms with van der Waals surface area (Å²) >= 11 is 0. The van der Waals surface area contributed by atoms with E-state index in [0.29, 0.717) is 12.1 Å². The molecule has 0 aromatic heterocycles. The van der Waals surface area contributed by atoms with Crippen LogP contribution in [0.4, 0.5) is 4.39 Å². The van der Waals surface area contributed by atoms with Gasteiger partial charge in [0.15, 0.2) is 0 Å². The van der Waals surface area contributed by atoms with Crippen molar-refractivity contribution in [2.75, 3.05) is 26.3 Å². The Morgan fingerprint density at radius 1 is 1.50 bits per heavy atom. The molecule has 0 amide bonds. The predicted octanol–water partition coefficient (Wildman–Crippen LogP) is 2.03. The average molecular weight is 280 g/mol. The van der Waals surface area contributed by atoms with E-state index < -0.39 is 0 Å². The minimum Gasteiger partial charge on any atom is -0.379 e. The Morgan fingerprint density at radius 2 is 2.35 bits per heavy atom. The fourth-order valence-corrected chi connectivity index (χ4v) is 2.67. The number of halogens is 1. The second-order valence-corrected chi connectivity index (χ2v) is 5.64. The van der Waals surface area contributed by atoms with Crippen molar-refractivity contribution in [3.63, 3.8) is 0 Å². The maximum absolute atomic E-state index is 13.0. The van der Waals surface area contributed by atoms with E-state index in [0.717, 1.165) is 44.7 Å². The molecule has 0 aliphatic carbocycles. The molecular formula is C16H25FN2O. The van der Waals surface area contributed by atoms with Crippen molar-refractivity contribution in [3.8, 4) is 0 Å². The molecule has 1 heterocycles. The van der Waals surface area contributed by atoms with E-state index in [4.69, 9.17) is 4.74 Å². The number of morpholine rings is 1. The molecule has 20 heavy (non-hydrogen) atoms. The topological polar surface area (TPSA) is 33.3 Å². The molecule has 1 fully saturated rings. The van der Waals surface area contributed by atoms with Crippen LogP contribution in [0.25, 0.3) is 0 Å². The smallest absolute Gasteiger partial charge is 0.123 e. The molecule has 0 bridgehead atoms. The monoisotopic (exact) mass is 280 g/mol. The van der Waals surface area contributed by atoms with Gasteiger partial charge in [0.25, 0.3) is 0 Å². The molecular weight excluding hydrogens is 255 g/mol. The zero-order valence-corrected chi connectivity index (χ0v) is 12.4. The van der Waals surface area contributed by atoms with E-state index in [-0.39, 0.29) is 5.82 Å². The number of aryl methyl sites for hydroxylation is 1. The zero-order valence-electron chi connectivity index (χ0n) is 12.4. The van der Waals surface area contributed by atoms with Crippen molar-refractivity contribution in [1.82, 2.24) is 10.6 Å². The highest BCUT2D eigenvalue weighted by Gasteiger charge is 2.15. The Kier molecular flexibility index (Phi) is 5.95. The number of ether oxygens (including phenoxy) is 1. The van der Waals surface area contributed by atoms with Crippen LogP contribution in [0, 0.1) is 12.7 Å². The standard InChI is InChI=1S/C16H25FN2O/c1-12-9-15(17)4-3-14(12)5-6-18-13(2)10-16-11-20-8-7-19-16/h3-4,9,13,16,18-19H,5-8,10-11H2,1-2H3. The maximum atomic E-state index is 13.0. The van der Waals surface area contributed by atoms with E-state index in [1.807, 2.05) is 13.0 Å². The molecule has 1 aromatic carbocycles. The summed E-state index contributed by atoms with van der Waals surface area (Å²) in [5, 5.41) is 7.00. The lowest BCUT2D eigenvalue weighted by Gasteiger charge is -2.26. The van der Waals surface area contributed by atoms with Crippen LogP contribution in [-0.4, -0.2) is 38.4 Å². The quantitative estimate of drug-likeness (QED) is 0.836. The lowest BCUT2D eigenvalue weighted by Crippen LogP contribution is -2.45. The van der Waals surface area contributed by atoms with Crippen LogP contribution in [-0.2, 0) is 11.2 Å². The van der Waals surface area contributed by atoms with Gasteiger partial charge in [0.2, 0.25) is 0 Å². The molecule has 0 spiro atoms. The van der Waals surface area contributed by atoms with E-state index in [2.05, 4.69) is 17.6 Å². The highest BCUT2D eigenvalue weighted by molar-refractivity contribution is 5.26. The molecule has 1 aliphatic heterocycles. The van der Waals surface area contributed by atoms with Gasteiger partial charge in [-0.3, -0.25) is 0 Å². The Bertz CT molecular complexity index is 419. The van der Waals surface area contributed by atoms with Crippen molar-refractivity contribution in [2.24, 2.45) is 0 Å². The summed E-state index contributed by atoms with van der Waals surface area (Å²) in [6.45, 7) is 7.66. The van der Waals surface area contributed by atoms with E-state index in [1.54, 1.807) is 6.07 Å². The third-order valence-corrected chi connectivity index (χ3v) is 3.83. The fraction of sp³-hybridized carbons (Fsp3) is 0.625. The van der Waals surface area contributed by atoms with Crippen LogP contribution in [0.3, 0.4) is 0 Å². The Morgan fingerprint density at radius 3 is 3.05 bits per heavy atom. The fourth-order valence-electron chi connectivity index (χ4n) is 2.67. The Hall–Kier alpha value is -0.970.